The molecule has 0 saturated carbocycles. The van der Waals surface area contributed by atoms with Crippen molar-refractivity contribution in [1.29, 1.82) is 0 Å². The fourth-order valence-corrected chi connectivity index (χ4v) is 12.9. The van der Waals surface area contributed by atoms with E-state index >= 15 is 0 Å². The molecule has 0 N–H and O–H groups in total. The smallest absolute Gasteiger partial charge is 0.178 e. The topological polar surface area (TPSA) is 102 Å². The van der Waals surface area contributed by atoms with Crippen LogP contribution in [0.25, 0.3) is 0 Å². The van der Waals surface area contributed by atoms with Gasteiger partial charge in [-0.05, 0) is 37.5 Å². The van der Waals surface area contributed by atoms with Crippen molar-refractivity contribution < 1.29 is 25.3 Å². The van der Waals surface area contributed by atoms with Gasteiger partial charge in [0, 0.05) is 0 Å². The van der Waals surface area contributed by atoms with Gasteiger partial charge >= 0.3 is 0 Å². The van der Waals surface area contributed by atoms with Gasteiger partial charge in [0.2, 0.25) is 0 Å². The molecule has 1 rings (SSSR count). The highest BCUT2D eigenvalue weighted by Crippen LogP contribution is 2.27. The van der Waals surface area contributed by atoms with E-state index in [2.05, 4.69) is 20.8 Å². The van der Waals surface area contributed by atoms with Crippen LogP contribution in [0.5, 0.6) is 0 Å². The molecule has 60 heavy (non-hydrogen) atoms. The van der Waals surface area contributed by atoms with Crippen LogP contribution in [0.1, 0.15) is 271 Å². The number of benzene rings is 1. The standard InChI is InChI=1S/C51H96O6S3/c1-4-7-10-13-16-19-22-25-28-31-34-37-40-43-58(52,53)49-46-50(59(54,55)44-41-38-35-32-29-26-23-20-17-14-11-8-5-2)48-51(47-49)60(56,57)45-42-39-36-33-30-27-24-21-18-15-12-9-6-3/h46-48H,4-45H2,1-3H3. The minimum atomic E-state index is -3.87. The van der Waals surface area contributed by atoms with Crippen molar-refractivity contribution in [3.05, 3.63) is 18.2 Å². The molecule has 0 spiro atoms. The Bertz CT molecular complexity index is 1280. The summed E-state index contributed by atoms with van der Waals surface area (Å²) in [4.78, 5) is -0.509. The Morgan fingerprint density at radius 1 is 0.233 bits per heavy atom. The van der Waals surface area contributed by atoms with Gasteiger partial charge in [0.25, 0.3) is 0 Å². The Hall–Kier alpha value is -0.930. The average Bonchev–Trinajstić information content (AvgIpc) is 3.22. The van der Waals surface area contributed by atoms with E-state index in [1.165, 1.54) is 192 Å². The van der Waals surface area contributed by atoms with Crippen molar-refractivity contribution in [3.63, 3.8) is 0 Å². The molecule has 0 amide bonds. The van der Waals surface area contributed by atoms with Crippen LogP contribution in [0.2, 0.25) is 0 Å². The number of sulfone groups is 3. The number of hydrogen-bond donors (Lipinski definition) is 0. The fourth-order valence-electron chi connectivity index (χ4n) is 8.37. The summed E-state index contributed by atoms with van der Waals surface area (Å²) in [5.41, 5.74) is 0. The summed E-state index contributed by atoms with van der Waals surface area (Å²) in [5.74, 6) is -0.317. The van der Waals surface area contributed by atoms with Gasteiger partial charge in [-0.3, -0.25) is 0 Å². The largest absolute Gasteiger partial charge is 0.224 e. The quantitative estimate of drug-likeness (QED) is 0.0604. The van der Waals surface area contributed by atoms with Crippen molar-refractivity contribution in [2.24, 2.45) is 0 Å². The molecular weight excluding hydrogens is 805 g/mol. The summed E-state index contributed by atoms with van der Waals surface area (Å²) in [5, 5.41) is 0. The summed E-state index contributed by atoms with van der Waals surface area (Å²) >= 11 is 0. The van der Waals surface area contributed by atoms with Crippen molar-refractivity contribution >= 4 is 29.5 Å². The Balaban J connectivity index is 2.74. The maximum absolute atomic E-state index is 13.7. The van der Waals surface area contributed by atoms with Crippen LogP contribution in [0, 0.1) is 0 Å². The van der Waals surface area contributed by atoms with Crippen LogP contribution < -0.4 is 0 Å². The van der Waals surface area contributed by atoms with Crippen molar-refractivity contribution in [3.8, 4) is 0 Å². The molecule has 0 bridgehead atoms. The van der Waals surface area contributed by atoms with Crippen molar-refractivity contribution in [2.75, 3.05) is 17.3 Å². The van der Waals surface area contributed by atoms with Crippen LogP contribution in [0.3, 0.4) is 0 Å². The predicted molar refractivity (Wildman–Crippen MR) is 260 cm³/mol. The third kappa shape index (κ3) is 30.2. The number of rotatable bonds is 45. The molecule has 354 valence electrons. The van der Waals surface area contributed by atoms with E-state index in [1.54, 1.807) is 0 Å². The highest BCUT2D eigenvalue weighted by molar-refractivity contribution is 7.93. The van der Waals surface area contributed by atoms with Crippen LogP contribution in [0.15, 0.2) is 32.9 Å². The molecule has 0 aliphatic rings. The Morgan fingerprint density at radius 2 is 0.367 bits per heavy atom. The summed E-state index contributed by atoms with van der Waals surface area (Å²) in [7, 11) is -11.6. The van der Waals surface area contributed by atoms with Gasteiger partial charge in [-0.25, -0.2) is 25.3 Å². The van der Waals surface area contributed by atoms with E-state index in [0.717, 1.165) is 57.8 Å². The summed E-state index contributed by atoms with van der Waals surface area (Å²) < 4.78 is 82.0. The molecule has 1 aromatic carbocycles. The first-order valence-corrected chi connectivity index (χ1v) is 30.8. The Labute approximate surface area is 374 Å². The van der Waals surface area contributed by atoms with Crippen LogP contribution in [-0.4, -0.2) is 42.5 Å². The minimum absolute atomic E-state index is 0.106. The Morgan fingerprint density at radius 3 is 0.517 bits per heavy atom. The molecule has 0 heterocycles. The lowest BCUT2D eigenvalue weighted by Gasteiger charge is -2.13. The molecule has 0 aliphatic carbocycles. The molecule has 9 heteroatoms. The molecule has 0 fully saturated rings. The fraction of sp³-hybridized carbons (Fsp3) is 0.882. The lowest BCUT2D eigenvalue weighted by molar-refractivity contribution is 0.541. The van der Waals surface area contributed by atoms with E-state index in [4.69, 9.17) is 0 Å². The van der Waals surface area contributed by atoms with Crippen LogP contribution >= 0.6 is 0 Å². The minimum Gasteiger partial charge on any atom is -0.224 e. The van der Waals surface area contributed by atoms with E-state index in [-0.39, 0.29) is 31.9 Å². The van der Waals surface area contributed by atoms with Crippen molar-refractivity contribution in [2.45, 2.75) is 286 Å². The van der Waals surface area contributed by atoms with Crippen molar-refractivity contribution in [1.82, 2.24) is 0 Å². The summed E-state index contributed by atoms with van der Waals surface area (Å²) in [6, 6.07) is 3.71. The Kier molecular flexibility index (Phi) is 35.6. The zero-order chi connectivity index (χ0) is 44.1. The van der Waals surface area contributed by atoms with E-state index in [9.17, 15) is 25.3 Å². The second-order valence-corrected chi connectivity index (χ2v) is 24.7. The highest BCUT2D eigenvalue weighted by Gasteiger charge is 2.25. The first-order valence-electron chi connectivity index (χ1n) is 25.8. The molecule has 0 aromatic heterocycles. The monoisotopic (exact) mass is 901 g/mol. The average molecular weight is 902 g/mol. The van der Waals surface area contributed by atoms with Gasteiger partial charge in [0.05, 0.1) is 31.9 Å². The van der Waals surface area contributed by atoms with Gasteiger partial charge in [-0.2, -0.15) is 0 Å². The van der Waals surface area contributed by atoms with E-state index in [0.29, 0.717) is 19.3 Å². The predicted octanol–water partition coefficient (Wildman–Crippen LogP) is 16.3. The number of hydrogen-bond acceptors (Lipinski definition) is 6. The van der Waals surface area contributed by atoms with Gasteiger partial charge in [-0.1, -0.05) is 252 Å². The molecule has 6 nitrogen and oxygen atoms in total. The van der Waals surface area contributed by atoms with Crippen LogP contribution in [0.4, 0.5) is 0 Å². The molecule has 0 aliphatic heterocycles. The van der Waals surface area contributed by atoms with E-state index in [1.807, 2.05) is 0 Å². The third-order valence-corrected chi connectivity index (χ3v) is 17.8. The molecule has 0 unspecified atom stereocenters. The first-order chi connectivity index (χ1) is 29.0. The molecule has 1 aromatic rings. The highest BCUT2D eigenvalue weighted by atomic mass is 32.2. The first kappa shape index (κ1) is 57.1. The van der Waals surface area contributed by atoms with Gasteiger partial charge in [-0.15, -0.1) is 0 Å². The van der Waals surface area contributed by atoms with Crippen LogP contribution in [-0.2, 0) is 29.5 Å². The molecule has 0 radical (unpaired) electrons. The lowest BCUT2D eigenvalue weighted by Crippen LogP contribution is -2.14. The maximum Gasteiger partial charge on any atom is 0.178 e. The summed E-state index contributed by atoms with van der Waals surface area (Å²) in [6.45, 7) is 6.73. The SMILES string of the molecule is CCCCCCCCCCCCCCCS(=O)(=O)c1cc(S(=O)(=O)CCCCCCCCCCCCCCC)cc(S(=O)(=O)CCCCCCCCCCCCCCC)c1. The van der Waals surface area contributed by atoms with Gasteiger partial charge in [0.15, 0.2) is 29.5 Å². The van der Waals surface area contributed by atoms with Gasteiger partial charge in [0.1, 0.15) is 0 Å². The maximum atomic E-state index is 13.7. The normalized spacial score (nSPS) is 12.4. The van der Waals surface area contributed by atoms with E-state index < -0.39 is 29.5 Å². The molecule has 0 atom stereocenters. The lowest BCUT2D eigenvalue weighted by atomic mass is 10.1. The zero-order valence-electron chi connectivity index (χ0n) is 39.6. The molecule has 0 saturated heterocycles. The second kappa shape index (κ2) is 37.4. The second-order valence-electron chi connectivity index (χ2n) is 18.3. The third-order valence-electron chi connectivity index (χ3n) is 12.5. The number of unbranched alkanes of at least 4 members (excludes halogenated alkanes) is 36. The molecular formula is C51H96O6S3. The summed E-state index contributed by atoms with van der Waals surface area (Å²) in [6.07, 6.45) is 44.7. The zero-order valence-corrected chi connectivity index (χ0v) is 42.1. The van der Waals surface area contributed by atoms with Gasteiger partial charge < -0.3 is 0 Å².